The first kappa shape index (κ1) is 30.7. The maximum atomic E-state index is 13.3. The molecule has 2 aliphatic heterocycles. The van der Waals surface area contributed by atoms with Gasteiger partial charge >= 0.3 is 0 Å². The van der Waals surface area contributed by atoms with E-state index in [2.05, 4.69) is 16.3 Å². The van der Waals surface area contributed by atoms with E-state index in [0.717, 1.165) is 68.7 Å². The van der Waals surface area contributed by atoms with Gasteiger partial charge in [-0.2, -0.15) is 0 Å². The Balaban J connectivity index is 1.15. The fourth-order valence-electron chi connectivity index (χ4n) is 6.51. The summed E-state index contributed by atoms with van der Waals surface area (Å²) in [7, 11) is 1.74. The van der Waals surface area contributed by atoms with Gasteiger partial charge in [0.15, 0.2) is 5.78 Å². The van der Waals surface area contributed by atoms with Crippen LogP contribution in [0, 0.1) is 12.8 Å². The van der Waals surface area contributed by atoms with Crippen molar-refractivity contribution in [1.82, 2.24) is 10.2 Å². The Labute approximate surface area is 258 Å². The van der Waals surface area contributed by atoms with Crippen molar-refractivity contribution in [3.8, 4) is 11.5 Å². The molecule has 2 fully saturated rings. The zero-order valence-electron chi connectivity index (χ0n) is 24.6. The number of halogens is 2. The largest absolute Gasteiger partial charge is 0.501 e. The Morgan fingerprint density at radius 1 is 1.14 bits per heavy atom. The number of ether oxygens (including phenoxy) is 3. The first-order chi connectivity index (χ1) is 20.2. The number of likely N-dealkylation sites (tertiary alicyclic amines) is 1. The molecular formula is C33H40Cl2N2O5. The molecule has 0 aromatic heterocycles. The number of amides is 1. The smallest absolute Gasteiger partial charge is 0.254 e. The molecule has 1 amide bonds. The molecule has 2 heterocycles. The molecule has 226 valence electrons. The summed E-state index contributed by atoms with van der Waals surface area (Å²) in [6, 6.07) is 8.88. The van der Waals surface area contributed by atoms with Crippen LogP contribution < -0.4 is 14.8 Å². The summed E-state index contributed by atoms with van der Waals surface area (Å²) in [5.74, 6) is 2.79. The first-order valence-corrected chi connectivity index (χ1v) is 15.7. The summed E-state index contributed by atoms with van der Waals surface area (Å²) in [6.07, 6.45) is 8.06. The Morgan fingerprint density at radius 3 is 2.48 bits per heavy atom. The maximum Gasteiger partial charge on any atom is 0.254 e. The molecule has 1 aliphatic carbocycles. The van der Waals surface area contributed by atoms with E-state index in [9.17, 15) is 9.59 Å². The van der Waals surface area contributed by atoms with Crippen molar-refractivity contribution >= 4 is 34.9 Å². The standard InChI is InChI=1S/C33H40Cl2N2O5/c1-4-28(40-3)22-8-10-23(11-9-22)41-29-19-30-24(18-21(29)2)27(38)20-33(42-30)12-15-37(16-13-33)17-14-36-32(39)31-25(34)6-5-7-26(31)35/h4-7,18-19,22-23H,8-17,20H2,1-3H3,(H,36,39)/b28-4+. The monoisotopic (exact) mass is 614 g/mol. The third kappa shape index (κ3) is 6.74. The molecule has 2 aromatic carbocycles. The lowest BCUT2D eigenvalue weighted by atomic mass is 9.82. The third-order valence-corrected chi connectivity index (χ3v) is 9.58. The zero-order valence-corrected chi connectivity index (χ0v) is 26.2. The first-order valence-electron chi connectivity index (χ1n) is 14.9. The number of allylic oxidation sites excluding steroid dienone is 2. The third-order valence-electron chi connectivity index (χ3n) is 8.95. The van der Waals surface area contributed by atoms with Gasteiger partial charge in [-0.25, -0.2) is 0 Å². The van der Waals surface area contributed by atoms with Gasteiger partial charge in [-0.1, -0.05) is 29.3 Å². The van der Waals surface area contributed by atoms with Crippen molar-refractivity contribution in [2.45, 2.75) is 70.5 Å². The lowest BCUT2D eigenvalue weighted by Crippen LogP contribution is -2.52. The van der Waals surface area contributed by atoms with Crippen molar-refractivity contribution < 1.29 is 23.8 Å². The fraction of sp³-hybridized carbons (Fsp3) is 0.515. The highest BCUT2D eigenvalue weighted by Gasteiger charge is 2.43. The van der Waals surface area contributed by atoms with E-state index in [-0.39, 0.29) is 17.8 Å². The number of methoxy groups -OCH3 is 1. The molecule has 5 rings (SSSR count). The highest BCUT2D eigenvalue weighted by Crippen LogP contribution is 2.43. The maximum absolute atomic E-state index is 13.3. The van der Waals surface area contributed by atoms with Gasteiger partial charge in [0.2, 0.25) is 0 Å². The van der Waals surface area contributed by atoms with Gasteiger partial charge in [-0.3, -0.25) is 9.59 Å². The lowest BCUT2D eigenvalue weighted by Gasteiger charge is -2.44. The average molecular weight is 616 g/mol. The van der Waals surface area contributed by atoms with E-state index in [1.807, 2.05) is 26.0 Å². The van der Waals surface area contributed by atoms with Crippen molar-refractivity contribution in [2.24, 2.45) is 5.92 Å². The van der Waals surface area contributed by atoms with Crippen LogP contribution in [-0.2, 0) is 4.74 Å². The summed E-state index contributed by atoms with van der Waals surface area (Å²) in [4.78, 5) is 28.1. The molecule has 1 saturated heterocycles. The number of ketones is 1. The molecule has 0 bridgehead atoms. The fourth-order valence-corrected chi connectivity index (χ4v) is 7.08. The molecular weight excluding hydrogens is 575 g/mol. The Morgan fingerprint density at radius 2 is 1.83 bits per heavy atom. The predicted molar refractivity (Wildman–Crippen MR) is 165 cm³/mol. The van der Waals surface area contributed by atoms with E-state index in [0.29, 0.717) is 52.3 Å². The van der Waals surface area contributed by atoms with E-state index < -0.39 is 5.60 Å². The molecule has 1 spiro atoms. The van der Waals surface area contributed by atoms with Crippen LogP contribution in [0.25, 0.3) is 0 Å². The topological polar surface area (TPSA) is 77.1 Å². The van der Waals surface area contributed by atoms with Crippen LogP contribution in [0.1, 0.15) is 78.1 Å². The summed E-state index contributed by atoms with van der Waals surface area (Å²) >= 11 is 12.3. The molecule has 1 N–H and O–H groups in total. The summed E-state index contributed by atoms with van der Waals surface area (Å²) in [5.41, 5.74) is 1.40. The molecule has 3 aliphatic rings. The van der Waals surface area contributed by atoms with E-state index in [1.165, 1.54) is 0 Å². The van der Waals surface area contributed by atoms with Crippen LogP contribution in [0.2, 0.25) is 10.0 Å². The predicted octanol–water partition coefficient (Wildman–Crippen LogP) is 7.02. The minimum Gasteiger partial charge on any atom is -0.501 e. The van der Waals surface area contributed by atoms with Gasteiger partial charge in [-0.05, 0) is 69.4 Å². The molecule has 2 aromatic rings. The number of nitrogens with one attached hydrogen (secondary N) is 1. The van der Waals surface area contributed by atoms with Gasteiger partial charge in [0.1, 0.15) is 17.1 Å². The normalized spacial score (nSPS) is 22.3. The highest BCUT2D eigenvalue weighted by atomic mass is 35.5. The second kappa shape index (κ2) is 13.3. The number of carbonyl (C=O) groups excluding carboxylic acids is 2. The molecule has 0 unspecified atom stereocenters. The molecule has 0 atom stereocenters. The quantitative estimate of drug-likeness (QED) is 0.322. The molecule has 42 heavy (non-hydrogen) atoms. The van der Waals surface area contributed by atoms with Gasteiger partial charge in [0.25, 0.3) is 5.91 Å². The van der Waals surface area contributed by atoms with Gasteiger partial charge in [0.05, 0.1) is 46.6 Å². The highest BCUT2D eigenvalue weighted by molar-refractivity contribution is 6.39. The van der Waals surface area contributed by atoms with Crippen LogP contribution in [-0.4, -0.2) is 61.6 Å². The van der Waals surface area contributed by atoms with Crippen LogP contribution in [0.4, 0.5) is 0 Å². The number of nitrogens with zero attached hydrogens (tertiary/aromatic N) is 1. The minimum atomic E-state index is -0.511. The van der Waals surface area contributed by atoms with Crippen molar-refractivity contribution in [3.63, 3.8) is 0 Å². The summed E-state index contributed by atoms with van der Waals surface area (Å²) < 4.78 is 18.6. The second-order valence-corrected chi connectivity index (χ2v) is 12.5. The number of fused-ring (bicyclic) bond motifs is 1. The Bertz CT molecular complexity index is 1320. The number of rotatable bonds is 8. The number of aryl methyl sites for hydroxylation is 1. The Kier molecular flexibility index (Phi) is 9.70. The SMILES string of the molecule is C/C=C(/OC)C1CCC(Oc2cc3c(cc2C)C(=O)CC2(CCN(CCNC(=O)c4c(Cl)cccc4Cl)CC2)O3)CC1. The number of benzene rings is 2. The van der Waals surface area contributed by atoms with Crippen LogP contribution >= 0.6 is 23.2 Å². The van der Waals surface area contributed by atoms with Gasteiger partial charge < -0.3 is 24.4 Å². The summed E-state index contributed by atoms with van der Waals surface area (Å²) in [5, 5.41) is 3.59. The number of Topliss-reactive ketones (excluding diaryl/α,β-unsaturated/α-hetero) is 1. The van der Waals surface area contributed by atoms with Crippen LogP contribution in [0.15, 0.2) is 42.2 Å². The molecule has 9 heteroatoms. The zero-order chi connectivity index (χ0) is 29.9. The Hall–Kier alpha value is -2.74. The number of hydrogen-bond donors (Lipinski definition) is 1. The van der Waals surface area contributed by atoms with Crippen LogP contribution in [0.3, 0.4) is 0 Å². The summed E-state index contributed by atoms with van der Waals surface area (Å²) in [6.45, 7) is 6.74. The van der Waals surface area contributed by atoms with E-state index in [1.54, 1.807) is 25.3 Å². The molecule has 7 nitrogen and oxygen atoms in total. The van der Waals surface area contributed by atoms with Crippen LogP contribution in [0.5, 0.6) is 11.5 Å². The minimum absolute atomic E-state index is 0.127. The second-order valence-electron chi connectivity index (χ2n) is 11.7. The van der Waals surface area contributed by atoms with E-state index >= 15 is 0 Å². The van der Waals surface area contributed by atoms with Crippen molar-refractivity contribution in [2.75, 3.05) is 33.3 Å². The average Bonchev–Trinajstić information content (AvgIpc) is 2.97. The van der Waals surface area contributed by atoms with Crippen molar-refractivity contribution in [3.05, 3.63) is 68.9 Å². The number of carbonyl (C=O) groups is 2. The van der Waals surface area contributed by atoms with Gasteiger partial charge in [-0.15, -0.1) is 0 Å². The lowest BCUT2D eigenvalue weighted by molar-refractivity contribution is -0.00894. The molecule has 1 saturated carbocycles. The molecule has 0 radical (unpaired) electrons. The number of piperidine rings is 1. The van der Waals surface area contributed by atoms with Crippen molar-refractivity contribution in [1.29, 1.82) is 0 Å². The number of hydrogen-bond acceptors (Lipinski definition) is 6. The van der Waals surface area contributed by atoms with Gasteiger partial charge in [0, 0.05) is 51.0 Å². The van der Waals surface area contributed by atoms with E-state index in [4.69, 9.17) is 37.4 Å².